The predicted molar refractivity (Wildman–Crippen MR) is 150 cm³/mol. The van der Waals surface area contributed by atoms with E-state index in [0.29, 0.717) is 32.8 Å². The topological polar surface area (TPSA) is 63.2 Å². The third-order valence-electron chi connectivity index (χ3n) is 6.83. The lowest BCUT2D eigenvalue weighted by Crippen LogP contribution is -2.42. The molecule has 0 aromatic heterocycles. The van der Waals surface area contributed by atoms with E-state index in [-0.39, 0.29) is 30.2 Å². The number of ether oxygens (including phenoxy) is 5. The smallest absolute Gasteiger partial charge is 0.303 e. The largest absolute Gasteiger partial charge is 0.457 e. The summed E-state index contributed by atoms with van der Waals surface area (Å²) in [5, 5.41) is 0. The maximum atomic E-state index is 12.2. The van der Waals surface area contributed by atoms with Crippen molar-refractivity contribution in [1.29, 1.82) is 0 Å². The second-order valence-electron chi connectivity index (χ2n) is 10.3. The van der Waals surface area contributed by atoms with Gasteiger partial charge in [-0.3, -0.25) is 4.79 Å². The van der Waals surface area contributed by atoms with E-state index in [1.54, 1.807) is 0 Å². The highest BCUT2D eigenvalue weighted by molar-refractivity contribution is 5.66. The first-order valence-corrected chi connectivity index (χ1v) is 13.7. The fourth-order valence-electron chi connectivity index (χ4n) is 5.10. The molecule has 0 bridgehead atoms. The molecule has 0 radical (unpaired) electrons. The minimum absolute atomic E-state index is 0.0281. The highest BCUT2D eigenvalue weighted by Crippen LogP contribution is 2.38. The number of hydrogen-bond acceptors (Lipinski definition) is 6. The van der Waals surface area contributed by atoms with Crippen molar-refractivity contribution in [2.75, 3.05) is 6.61 Å². The minimum Gasteiger partial charge on any atom is -0.457 e. The quantitative estimate of drug-likeness (QED) is 0.233. The van der Waals surface area contributed by atoms with Crippen molar-refractivity contribution in [3.05, 3.63) is 108 Å². The number of rotatable bonds is 14. The molecule has 0 N–H and O–H groups in total. The van der Waals surface area contributed by atoms with Crippen LogP contribution in [-0.4, -0.2) is 43.1 Å². The Morgan fingerprint density at radius 1 is 0.769 bits per heavy atom. The molecule has 3 aromatic carbocycles. The number of benzene rings is 3. The second kappa shape index (κ2) is 14.9. The molecule has 0 saturated heterocycles. The Balaban J connectivity index is 1.57. The fraction of sp³-hybridized carbons (Fsp3) is 0.424. The van der Waals surface area contributed by atoms with Gasteiger partial charge in [-0.2, -0.15) is 0 Å². The SMILES string of the molecule is CC(=O)O[C@@H]1[C@@H](OCc2ccccc2)[C@H]([C@@H](COCc2ccccc2)OCc2ccccc2)C[C@H]1OC(C)C. The highest BCUT2D eigenvalue weighted by atomic mass is 16.6. The van der Waals surface area contributed by atoms with Gasteiger partial charge in [0.25, 0.3) is 0 Å². The van der Waals surface area contributed by atoms with Gasteiger partial charge in [0, 0.05) is 12.8 Å². The van der Waals surface area contributed by atoms with Crippen molar-refractivity contribution in [1.82, 2.24) is 0 Å². The number of hydrogen-bond donors (Lipinski definition) is 0. The Kier molecular flexibility index (Phi) is 11.1. The Labute approximate surface area is 232 Å². The summed E-state index contributed by atoms with van der Waals surface area (Å²) in [4.78, 5) is 12.2. The van der Waals surface area contributed by atoms with Crippen LogP contribution < -0.4 is 0 Å². The number of carbonyl (C=O) groups is 1. The van der Waals surface area contributed by atoms with Gasteiger partial charge in [-0.1, -0.05) is 91.0 Å². The van der Waals surface area contributed by atoms with Crippen LogP contribution >= 0.6 is 0 Å². The first-order valence-electron chi connectivity index (χ1n) is 13.7. The van der Waals surface area contributed by atoms with Gasteiger partial charge in [-0.05, 0) is 37.0 Å². The molecule has 3 aromatic rings. The third kappa shape index (κ3) is 9.01. The maximum Gasteiger partial charge on any atom is 0.303 e. The lowest BCUT2D eigenvalue weighted by atomic mass is 9.98. The van der Waals surface area contributed by atoms with Crippen molar-refractivity contribution >= 4 is 5.97 Å². The van der Waals surface area contributed by atoms with Gasteiger partial charge in [0.2, 0.25) is 0 Å². The van der Waals surface area contributed by atoms with Crippen molar-refractivity contribution in [3.63, 3.8) is 0 Å². The zero-order valence-corrected chi connectivity index (χ0v) is 23.1. The summed E-state index contributed by atoms with van der Waals surface area (Å²) in [6.07, 6.45) is -0.969. The zero-order valence-electron chi connectivity index (χ0n) is 23.1. The van der Waals surface area contributed by atoms with Crippen LogP contribution in [0.4, 0.5) is 0 Å². The van der Waals surface area contributed by atoms with Crippen molar-refractivity contribution < 1.29 is 28.5 Å². The number of carbonyl (C=O) groups excluding carboxylic acids is 1. The van der Waals surface area contributed by atoms with Gasteiger partial charge in [-0.25, -0.2) is 0 Å². The van der Waals surface area contributed by atoms with E-state index in [1.165, 1.54) is 6.92 Å². The van der Waals surface area contributed by atoms with Gasteiger partial charge in [-0.15, -0.1) is 0 Å². The molecule has 1 fully saturated rings. The van der Waals surface area contributed by atoms with Crippen molar-refractivity contribution in [3.8, 4) is 0 Å². The molecule has 208 valence electrons. The first-order chi connectivity index (χ1) is 19.0. The van der Waals surface area contributed by atoms with Crippen LogP contribution in [0.5, 0.6) is 0 Å². The van der Waals surface area contributed by atoms with Crippen molar-refractivity contribution in [2.45, 2.75) is 77.5 Å². The van der Waals surface area contributed by atoms with E-state index in [2.05, 4.69) is 0 Å². The fourth-order valence-corrected chi connectivity index (χ4v) is 5.10. The van der Waals surface area contributed by atoms with Crippen molar-refractivity contribution in [2.24, 2.45) is 5.92 Å². The molecule has 0 amide bonds. The Morgan fingerprint density at radius 2 is 1.31 bits per heavy atom. The molecule has 6 heteroatoms. The van der Waals surface area contributed by atoms with E-state index in [4.69, 9.17) is 23.7 Å². The summed E-state index contributed by atoms with van der Waals surface area (Å²) < 4.78 is 31.4. The Bertz CT molecular complexity index is 1100. The van der Waals surface area contributed by atoms with Crippen LogP contribution in [0, 0.1) is 5.92 Å². The second-order valence-corrected chi connectivity index (χ2v) is 10.3. The monoisotopic (exact) mass is 532 g/mol. The Morgan fingerprint density at radius 3 is 1.85 bits per heavy atom. The third-order valence-corrected chi connectivity index (χ3v) is 6.83. The van der Waals surface area contributed by atoms with Gasteiger partial charge in [0.05, 0.1) is 44.7 Å². The molecular formula is C33H40O6. The van der Waals surface area contributed by atoms with Crippen LogP contribution in [0.15, 0.2) is 91.0 Å². The zero-order chi connectivity index (χ0) is 27.5. The van der Waals surface area contributed by atoms with E-state index in [0.717, 1.165) is 16.7 Å². The van der Waals surface area contributed by atoms with E-state index >= 15 is 0 Å². The van der Waals surface area contributed by atoms with Gasteiger partial charge in [0.1, 0.15) is 6.10 Å². The van der Waals surface area contributed by atoms with Gasteiger partial charge >= 0.3 is 5.97 Å². The van der Waals surface area contributed by atoms with E-state index in [9.17, 15) is 4.79 Å². The lowest BCUT2D eigenvalue weighted by Gasteiger charge is -2.31. The minimum atomic E-state index is -0.546. The molecular weight excluding hydrogens is 492 g/mol. The molecule has 0 spiro atoms. The van der Waals surface area contributed by atoms with E-state index < -0.39 is 12.2 Å². The van der Waals surface area contributed by atoms with Crippen LogP contribution in [0.25, 0.3) is 0 Å². The molecule has 6 nitrogen and oxygen atoms in total. The molecule has 0 unspecified atom stereocenters. The molecule has 0 heterocycles. The van der Waals surface area contributed by atoms with Gasteiger partial charge in [0.15, 0.2) is 6.10 Å². The average molecular weight is 533 g/mol. The molecule has 39 heavy (non-hydrogen) atoms. The normalized spacial score (nSPS) is 21.6. The maximum absolute atomic E-state index is 12.2. The van der Waals surface area contributed by atoms with Crippen LogP contribution in [0.2, 0.25) is 0 Å². The summed E-state index contributed by atoms with van der Waals surface area (Å²) >= 11 is 0. The highest BCUT2D eigenvalue weighted by Gasteiger charge is 2.50. The van der Waals surface area contributed by atoms with Gasteiger partial charge < -0.3 is 23.7 Å². The molecule has 1 saturated carbocycles. The summed E-state index contributed by atoms with van der Waals surface area (Å²) in [5.41, 5.74) is 3.23. The van der Waals surface area contributed by atoms with Crippen LogP contribution in [0.1, 0.15) is 43.9 Å². The Hall–Kier alpha value is -3.03. The van der Waals surface area contributed by atoms with E-state index in [1.807, 2.05) is 105 Å². The van der Waals surface area contributed by atoms with Crippen LogP contribution in [-0.2, 0) is 48.3 Å². The van der Waals surface area contributed by atoms with Crippen LogP contribution in [0.3, 0.4) is 0 Å². The standard InChI is InChI=1S/C33H40O6/c1-24(2)38-30-19-29(32(33(30)39-25(3)34)37-22-28-17-11-6-12-18-28)31(36-21-27-15-9-5-10-16-27)23-35-20-26-13-7-4-8-14-26/h4-18,24,29-33H,19-23H2,1-3H3/t29-,30+,31+,32-,33-/m0/s1. The molecule has 1 aliphatic rings. The lowest BCUT2D eigenvalue weighted by molar-refractivity contribution is -0.170. The molecule has 0 aliphatic heterocycles. The molecule has 4 rings (SSSR count). The summed E-state index contributed by atoms with van der Waals surface area (Å²) in [5.74, 6) is -0.463. The molecule has 5 atom stereocenters. The molecule has 1 aliphatic carbocycles. The predicted octanol–water partition coefficient (Wildman–Crippen LogP) is 6.12. The summed E-state index contributed by atoms with van der Waals surface area (Å²) in [7, 11) is 0. The first kappa shape index (κ1) is 29.0. The average Bonchev–Trinajstić information content (AvgIpc) is 3.26. The number of esters is 1. The summed E-state index contributed by atoms with van der Waals surface area (Å²) in [6, 6.07) is 30.2. The summed E-state index contributed by atoms with van der Waals surface area (Å²) in [6.45, 7) is 7.10.